The third-order valence-corrected chi connectivity index (χ3v) is 4.94. The Hall–Kier alpha value is -2.27. The number of carbonyl (C=O) groups is 2. The van der Waals surface area contributed by atoms with Crippen LogP contribution in [-0.2, 0) is 9.84 Å². The predicted octanol–water partition coefficient (Wildman–Crippen LogP) is 2.17. The number of sulfone groups is 1. The second-order valence-electron chi connectivity index (χ2n) is 5.09. The molecule has 0 spiro atoms. The topological polar surface area (TPSA) is 68.3 Å². The molecule has 0 radical (unpaired) electrons. The van der Waals surface area contributed by atoms with Crippen LogP contribution in [0.5, 0.6) is 0 Å². The van der Waals surface area contributed by atoms with Gasteiger partial charge in [-0.2, -0.15) is 0 Å². The maximum Gasteiger partial charge on any atom is 0.194 e. The van der Waals surface area contributed by atoms with E-state index < -0.39 is 9.84 Å². The minimum Gasteiger partial charge on any atom is -0.289 e. The Morgan fingerprint density at radius 1 is 0.810 bits per heavy atom. The molecule has 3 rings (SSSR count). The number of carbonyl (C=O) groups excluding carboxylic acids is 2. The van der Waals surface area contributed by atoms with Gasteiger partial charge >= 0.3 is 0 Å². The van der Waals surface area contributed by atoms with E-state index in [-0.39, 0.29) is 27.6 Å². The first-order chi connectivity index (χ1) is 9.82. The molecule has 0 fully saturated rings. The van der Waals surface area contributed by atoms with Crippen LogP contribution in [0, 0.1) is 6.92 Å². The Labute approximate surface area is 122 Å². The third-order valence-electron chi connectivity index (χ3n) is 3.70. The smallest absolute Gasteiger partial charge is 0.194 e. The van der Waals surface area contributed by atoms with Crippen molar-refractivity contribution in [3.63, 3.8) is 0 Å². The minimum atomic E-state index is -3.45. The van der Waals surface area contributed by atoms with Crippen molar-refractivity contribution in [2.45, 2.75) is 11.8 Å². The van der Waals surface area contributed by atoms with E-state index in [0.29, 0.717) is 16.7 Å². The average molecular weight is 300 g/mol. The van der Waals surface area contributed by atoms with E-state index in [1.165, 1.54) is 12.1 Å². The number of rotatable bonds is 1. The van der Waals surface area contributed by atoms with Crippen molar-refractivity contribution in [2.24, 2.45) is 0 Å². The normalized spacial score (nSPS) is 13.8. The van der Waals surface area contributed by atoms with E-state index >= 15 is 0 Å². The van der Waals surface area contributed by atoms with Gasteiger partial charge in [0.05, 0.1) is 4.90 Å². The highest BCUT2D eigenvalue weighted by molar-refractivity contribution is 7.90. The molecule has 0 bridgehead atoms. The molecule has 21 heavy (non-hydrogen) atoms. The van der Waals surface area contributed by atoms with E-state index in [9.17, 15) is 18.0 Å². The Kier molecular flexibility index (Phi) is 2.85. The van der Waals surface area contributed by atoms with E-state index in [2.05, 4.69) is 0 Å². The van der Waals surface area contributed by atoms with Gasteiger partial charge in [0.25, 0.3) is 0 Å². The Morgan fingerprint density at radius 2 is 1.38 bits per heavy atom. The zero-order valence-electron chi connectivity index (χ0n) is 11.5. The van der Waals surface area contributed by atoms with Crippen molar-refractivity contribution < 1.29 is 18.0 Å². The molecular weight excluding hydrogens is 288 g/mol. The van der Waals surface area contributed by atoms with Gasteiger partial charge in [0.1, 0.15) is 0 Å². The monoisotopic (exact) mass is 300 g/mol. The van der Waals surface area contributed by atoms with Gasteiger partial charge in [-0.1, -0.05) is 24.3 Å². The Balaban J connectivity index is 2.37. The molecule has 0 N–H and O–H groups in total. The number of hydrogen-bond donors (Lipinski definition) is 0. The minimum absolute atomic E-state index is 0.0850. The van der Waals surface area contributed by atoms with E-state index in [1.807, 2.05) is 0 Å². The van der Waals surface area contributed by atoms with Gasteiger partial charge in [-0.25, -0.2) is 8.42 Å². The van der Waals surface area contributed by atoms with Gasteiger partial charge in [-0.15, -0.1) is 0 Å². The zero-order chi connectivity index (χ0) is 15.4. The third kappa shape index (κ3) is 1.93. The molecule has 1 aliphatic rings. The molecule has 0 atom stereocenters. The highest BCUT2D eigenvalue weighted by Gasteiger charge is 2.32. The molecule has 0 aliphatic heterocycles. The van der Waals surface area contributed by atoms with Crippen molar-refractivity contribution in [1.29, 1.82) is 0 Å². The lowest BCUT2D eigenvalue weighted by molar-refractivity contribution is 0.0978. The van der Waals surface area contributed by atoms with Crippen molar-refractivity contribution in [2.75, 3.05) is 6.26 Å². The van der Waals surface area contributed by atoms with Crippen LogP contribution in [0.2, 0.25) is 0 Å². The fourth-order valence-corrected chi connectivity index (χ4v) is 3.71. The summed E-state index contributed by atoms with van der Waals surface area (Å²) in [6, 6.07) is 9.40. The molecule has 4 nitrogen and oxygen atoms in total. The number of hydrogen-bond acceptors (Lipinski definition) is 4. The average Bonchev–Trinajstić information content (AvgIpc) is 2.43. The standard InChI is InChI=1S/C16H12O4S/c1-9-13(21(2,19)20)8-7-12-14(9)16(18)11-6-4-3-5-10(11)15(12)17/h3-8H,1-2H3. The second-order valence-corrected chi connectivity index (χ2v) is 7.07. The quantitative estimate of drug-likeness (QED) is 0.690. The maximum atomic E-state index is 12.6. The highest BCUT2D eigenvalue weighted by Crippen LogP contribution is 2.32. The van der Waals surface area contributed by atoms with Crippen molar-refractivity contribution in [1.82, 2.24) is 0 Å². The number of ketones is 2. The lowest BCUT2D eigenvalue weighted by atomic mass is 9.82. The van der Waals surface area contributed by atoms with Crippen molar-refractivity contribution in [3.8, 4) is 0 Å². The van der Waals surface area contributed by atoms with Crippen molar-refractivity contribution in [3.05, 3.63) is 64.2 Å². The van der Waals surface area contributed by atoms with Crippen LogP contribution in [0.15, 0.2) is 41.3 Å². The predicted molar refractivity (Wildman–Crippen MR) is 77.6 cm³/mol. The van der Waals surface area contributed by atoms with Gasteiger partial charge in [0, 0.05) is 28.5 Å². The summed E-state index contributed by atoms with van der Waals surface area (Å²) in [5.74, 6) is -0.549. The molecule has 0 saturated heterocycles. The molecule has 0 amide bonds. The highest BCUT2D eigenvalue weighted by atomic mass is 32.2. The van der Waals surface area contributed by atoms with Gasteiger partial charge in [0.15, 0.2) is 21.4 Å². The van der Waals surface area contributed by atoms with Gasteiger partial charge in [0.2, 0.25) is 0 Å². The van der Waals surface area contributed by atoms with E-state index in [0.717, 1.165) is 6.26 Å². The molecule has 2 aromatic carbocycles. The molecule has 0 heterocycles. The summed E-state index contributed by atoms with van der Waals surface area (Å²) < 4.78 is 23.6. The lowest BCUT2D eigenvalue weighted by Crippen LogP contribution is -2.23. The number of benzene rings is 2. The molecule has 5 heteroatoms. The molecule has 0 unspecified atom stereocenters. The number of fused-ring (bicyclic) bond motifs is 2. The summed E-state index contributed by atoms with van der Waals surface area (Å²) in [7, 11) is -3.45. The molecule has 0 aromatic heterocycles. The van der Waals surface area contributed by atoms with Gasteiger partial charge in [-0.3, -0.25) is 9.59 Å². The van der Waals surface area contributed by atoms with Crippen LogP contribution in [0.4, 0.5) is 0 Å². The molecule has 106 valence electrons. The fraction of sp³-hybridized carbons (Fsp3) is 0.125. The Morgan fingerprint density at radius 3 is 1.95 bits per heavy atom. The van der Waals surface area contributed by atoms with E-state index in [1.54, 1.807) is 31.2 Å². The van der Waals surface area contributed by atoms with Crippen LogP contribution in [0.3, 0.4) is 0 Å². The largest absolute Gasteiger partial charge is 0.289 e. The van der Waals surface area contributed by atoms with Crippen LogP contribution >= 0.6 is 0 Å². The fourth-order valence-electron chi connectivity index (χ4n) is 2.73. The van der Waals surface area contributed by atoms with Crippen LogP contribution in [0.25, 0.3) is 0 Å². The summed E-state index contributed by atoms with van der Waals surface area (Å²) in [4.78, 5) is 25.2. The molecule has 0 saturated carbocycles. The summed E-state index contributed by atoms with van der Waals surface area (Å²) in [5, 5.41) is 0. The van der Waals surface area contributed by atoms with Crippen molar-refractivity contribution >= 4 is 21.4 Å². The first-order valence-electron chi connectivity index (χ1n) is 6.34. The van der Waals surface area contributed by atoms with Crippen LogP contribution < -0.4 is 0 Å². The summed E-state index contributed by atoms with van der Waals surface area (Å²) in [6.45, 7) is 1.56. The maximum absolute atomic E-state index is 12.6. The second kappa shape index (κ2) is 4.36. The summed E-state index contributed by atoms with van der Waals surface area (Å²) in [6.07, 6.45) is 1.09. The molecule has 1 aliphatic carbocycles. The molecular formula is C16H12O4S. The lowest BCUT2D eigenvalue weighted by Gasteiger charge is -2.20. The Bertz CT molecular complexity index is 908. The molecule has 2 aromatic rings. The van der Waals surface area contributed by atoms with Crippen LogP contribution in [-0.4, -0.2) is 26.2 Å². The first-order valence-corrected chi connectivity index (χ1v) is 8.23. The SMILES string of the molecule is Cc1c(S(C)(=O)=O)ccc2c1C(=O)c1ccccc1C2=O. The van der Waals surface area contributed by atoms with Gasteiger partial charge < -0.3 is 0 Å². The first kappa shape index (κ1) is 13.7. The zero-order valence-corrected chi connectivity index (χ0v) is 12.3. The van der Waals surface area contributed by atoms with E-state index in [4.69, 9.17) is 0 Å². The summed E-state index contributed by atoms with van der Waals surface area (Å²) >= 11 is 0. The van der Waals surface area contributed by atoms with Gasteiger partial charge in [-0.05, 0) is 24.6 Å². The van der Waals surface area contributed by atoms with Crippen LogP contribution in [0.1, 0.15) is 37.4 Å². The summed E-state index contributed by atoms with van der Waals surface area (Å²) in [5.41, 5.74) is 1.48.